The van der Waals surface area contributed by atoms with Gasteiger partial charge in [-0.3, -0.25) is 9.59 Å². The van der Waals surface area contributed by atoms with Crippen LogP contribution in [0.1, 0.15) is 34.1 Å². The molecule has 1 aromatic rings. The van der Waals surface area contributed by atoms with Crippen molar-refractivity contribution in [2.75, 3.05) is 14.2 Å². The van der Waals surface area contributed by atoms with Crippen LogP contribution in [0.4, 0.5) is 0 Å². The van der Waals surface area contributed by atoms with Crippen LogP contribution >= 0.6 is 0 Å². The summed E-state index contributed by atoms with van der Waals surface area (Å²) >= 11 is 0. The molecule has 2 amide bonds. The molecule has 2 aliphatic heterocycles. The van der Waals surface area contributed by atoms with Gasteiger partial charge in [0, 0.05) is 0 Å². The van der Waals surface area contributed by atoms with Crippen molar-refractivity contribution in [1.82, 2.24) is 4.90 Å². The maximum atomic E-state index is 12.6. The third-order valence-electron chi connectivity index (χ3n) is 3.84. The molecule has 1 aromatic carbocycles. The van der Waals surface area contributed by atoms with Crippen molar-refractivity contribution < 1.29 is 19.1 Å². The first-order valence-corrected chi connectivity index (χ1v) is 7.11. The van der Waals surface area contributed by atoms with E-state index in [0.717, 1.165) is 10.5 Å². The summed E-state index contributed by atoms with van der Waals surface area (Å²) in [5, 5.41) is 0. The van der Waals surface area contributed by atoms with Gasteiger partial charge < -0.3 is 9.47 Å². The highest BCUT2D eigenvalue weighted by Gasteiger charge is 2.38. The molecule has 0 bridgehead atoms. The van der Waals surface area contributed by atoms with Gasteiger partial charge in [0.1, 0.15) is 11.6 Å². The Kier molecular flexibility index (Phi) is 3.73. The zero-order valence-electron chi connectivity index (χ0n) is 13.1. The number of hydrogen-bond acceptors (Lipinski definition) is 5. The number of amides is 2. The Hall–Kier alpha value is -2.89. The molecule has 2 aliphatic rings. The van der Waals surface area contributed by atoms with Gasteiger partial charge in [0.25, 0.3) is 11.8 Å². The standard InChI is InChI=1S/C17H16N2O4/c1-10-8-14(18-15(23-3)9-13(10)22-2)19-16(20)11-6-4-5-7-12(11)17(19)21/h4-8H,9H2,1-3H3. The maximum absolute atomic E-state index is 12.6. The minimum atomic E-state index is -0.385. The molecule has 3 rings (SSSR count). The van der Waals surface area contributed by atoms with Crippen LogP contribution in [-0.2, 0) is 9.47 Å². The summed E-state index contributed by atoms with van der Waals surface area (Å²) in [4.78, 5) is 30.6. The Morgan fingerprint density at radius 1 is 1.04 bits per heavy atom. The number of carbonyl (C=O) groups excluding carboxylic acids is 2. The van der Waals surface area contributed by atoms with E-state index in [4.69, 9.17) is 9.47 Å². The highest BCUT2D eigenvalue weighted by atomic mass is 16.5. The van der Waals surface area contributed by atoms with Crippen molar-refractivity contribution in [3.05, 3.63) is 58.6 Å². The molecule has 0 saturated carbocycles. The molecule has 2 heterocycles. The fourth-order valence-corrected chi connectivity index (χ4v) is 2.61. The SMILES string of the molecule is COC1=NC(N2C(=O)c3ccccc3C2=O)=CC(C)=C(OC)C1. The zero-order valence-corrected chi connectivity index (χ0v) is 13.1. The summed E-state index contributed by atoms with van der Waals surface area (Å²) in [6, 6.07) is 6.73. The molecule has 6 nitrogen and oxygen atoms in total. The molecular weight excluding hydrogens is 296 g/mol. The molecule has 0 N–H and O–H groups in total. The van der Waals surface area contributed by atoms with E-state index in [-0.39, 0.29) is 17.6 Å². The number of imide groups is 1. The lowest BCUT2D eigenvalue weighted by Gasteiger charge is -2.14. The molecule has 0 aliphatic carbocycles. The number of ether oxygens (including phenoxy) is 2. The van der Waals surface area contributed by atoms with Gasteiger partial charge in [0.2, 0.25) is 0 Å². The van der Waals surface area contributed by atoms with E-state index in [1.54, 1.807) is 37.5 Å². The van der Waals surface area contributed by atoms with Crippen molar-refractivity contribution in [2.24, 2.45) is 4.99 Å². The number of methoxy groups -OCH3 is 2. The van der Waals surface area contributed by atoms with Crippen LogP contribution < -0.4 is 0 Å². The number of hydrogen-bond donors (Lipinski definition) is 0. The van der Waals surface area contributed by atoms with Crippen molar-refractivity contribution in [2.45, 2.75) is 13.3 Å². The van der Waals surface area contributed by atoms with Crippen LogP contribution in [0.2, 0.25) is 0 Å². The molecule has 0 saturated heterocycles. The van der Waals surface area contributed by atoms with Crippen LogP contribution in [0.25, 0.3) is 0 Å². The summed E-state index contributed by atoms with van der Waals surface area (Å²) in [5.41, 5.74) is 1.55. The Morgan fingerprint density at radius 3 is 2.17 bits per heavy atom. The fraction of sp³-hybridized carbons (Fsp3) is 0.235. The third kappa shape index (κ3) is 2.42. The van der Waals surface area contributed by atoms with E-state index in [1.807, 2.05) is 6.92 Å². The molecular formula is C17H16N2O4. The van der Waals surface area contributed by atoms with E-state index in [0.29, 0.717) is 29.2 Å². The molecule has 0 spiro atoms. The van der Waals surface area contributed by atoms with Gasteiger partial charge in [-0.05, 0) is 30.7 Å². The lowest BCUT2D eigenvalue weighted by atomic mass is 10.1. The van der Waals surface area contributed by atoms with Crippen molar-refractivity contribution in [3.63, 3.8) is 0 Å². The number of allylic oxidation sites excluding steroid dienone is 2. The molecule has 23 heavy (non-hydrogen) atoms. The number of aliphatic imine (C=N–C) groups is 1. The smallest absolute Gasteiger partial charge is 0.267 e. The van der Waals surface area contributed by atoms with Crippen LogP contribution in [0.3, 0.4) is 0 Å². The Bertz CT molecular complexity index is 755. The number of carbonyl (C=O) groups is 2. The quantitative estimate of drug-likeness (QED) is 0.787. The van der Waals surface area contributed by atoms with Crippen LogP contribution in [0.5, 0.6) is 0 Å². The maximum Gasteiger partial charge on any atom is 0.267 e. The highest BCUT2D eigenvalue weighted by Crippen LogP contribution is 2.29. The number of nitrogens with zero attached hydrogens (tertiary/aromatic N) is 2. The first-order chi connectivity index (χ1) is 11.1. The van der Waals surface area contributed by atoms with Gasteiger partial charge in [-0.1, -0.05) is 12.1 Å². The van der Waals surface area contributed by atoms with Gasteiger partial charge in [0.15, 0.2) is 5.90 Å². The monoisotopic (exact) mass is 312 g/mol. The minimum absolute atomic E-state index is 0.234. The molecule has 0 aromatic heterocycles. The first-order valence-electron chi connectivity index (χ1n) is 7.11. The second kappa shape index (κ2) is 5.72. The summed E-state index contributed by atoms with van der Waals surface area (Å²) < 4.78 is 10.6. The van der Waals surface area contributed by atoms with Crippen molar-refractivity contribution in [1.29, 1.82) is 0 Å². The van der Waals surface area contributed by atoms with Crippen molar-refractivity contribution >= 4 is 17.7 Å². The second-order valence-electron chi connectivity index (χ2n) is 5.19. The van der Waals surface area contributed by atoms with E-state index >= 15 is 0 Å². The Morgan fingerprint density at radius 2 is 1.65 bits per heavy atom. The zero-order chi connectivity index (χ0) is 16.6. The largest absolute Gasteiger partial charge is 0.500 e. The van der Waals surface area contributed by atoms with Gasteiger partial charge in [-0.2, -0.15) is 4.99 Å². The molecule has 0 fully saturated rings. The molecule has 0 unspecified atom stereocenters. The predicted molar refractivity (Wildman–Crippen MR) is 83.8 cm³/mol. The number of fused-ring (bicyclic) bond motifs is 1. The van der Waals surface area contributed by atoms with E-state index in [1.165, 1.54) is 7.11 Å². The topological polar surface area (TPSA) is 68.2 Å². The molecule has 118 valence electrons. The lowest BCUT2D eigenvalue weighted by Crippen LogP contribution is -2.28. The lowest BCUT2D eigenvalue weighted by molar-refractivity contribution is 0.0702. The van der Waals surface area contributed by atoms with Gasteiger partial charge >= 0.3 is 0 Å². The average Bonchev–Trinajstić information content (AvgIpc) is 2.71. The van der Waals surface area contributed by atoms with Gasteiger partial charge in [-0.25, -0.2) is 4.90 Å². The van der Waals surface area contributed by atoms with Gasteiger partial charge in [-0.15, -0.1) is 0 Å². The van der Waals surface area contributed by atoms with Gasteiger partial charge in [0.05, 0.1) is 31.8 Å². The molecule has 0 atom stereocenters. The third-order valence-corrected chi connectivity index (χ3v) is 3.84. The van der Waals surface area contributed by atoms with E-state index in [9.17, 15) is 9.59 Å². The van der Waals surface area contributed by atoms with Crippen LogP contribution in [-0.4, -0.2) is 36.8 Å². The fourth-order valence-electron chi connectivity index (χ4n) is 2.61. The van der Waals surface area contributed by atoms with Crippen LogP contribution in [0.15, 0.2) is 52.5 Å². The molecule has 6 heteroatoms. The van der Waals surface area contributed by atoms with Crippen molar-refractivity contribution in [3.8, 4) is 0 Å². The second-order valence-corrected chi connectivity index (χ2v) is 5.19. The molecule has 0 radical (unpaired) electrons. The summed E-state index contributed by atoms with van der Waals surface area (Å²) in [6.07, 6.45) is 2.02. The Balaban J connectivity index is 2.09. The summed E-state index contributed by atoms with van der Waals surface area (Å²) in [5.74, 6) is 0.519. The average molecular weight is 312 g/mol. The predicted octanol–water partition coefficient (Wildman–Crippen LogP) is 2.49. The highest BCUT2D eigenvalue weighted by molar-refractivity contribution is 6.22. The van der Waals surface area contributed by atoms with E-state index in [2.05, 4.69) is 4.99 Å². The normalized spacial score (nSPS) is 17.6. The minimum Gasteiger partial charge on any atom is -0.500 e. The summed E-state index contributed by atoms with van der Waals surface area (Å²) in [6.45, 7) is 1.84. The number of benzene rings is 1. The van der Waals surface area contributed by atoms with E-state index < -0.39 is 0 Å². The van der Waals surface area contributed by atoms with Crippen LogP contribution in [0, 0.1) is 0 Å². The summed E-state index contributed by atoms with van der Waals surface area (Å²) in [7, 11) is 3.06. The number of rotatable bonds is 2. The Labute approximate surface area is 133 Å². The first kappa shape index (κ1) is 15.0.